The number of fused-ring (bicyclic) bond motifs is 1. The van der Waals surface area contributed by atoms with Crippen LogP contribution in [0.5, 0.6) is 0 Å². The number of benzene rings is 2. The lowest BCUT2D eigenvalue weighted by atomic mass is 10.1. The summed E-state index contributed by atoms with van der Waals surface area (Å²) in [6, 6.07) is 10.5. The minimum absolute atomic E-state index is 0.110. The number of hydrogen-bond donors (Lipinski definition) is 0. The average molecular weight is 304 g/mol. The van der Waals surface area contributed by atoms with Gasteiger partial charge >= 0.3 is 0 Å². The summed E-state index contributed by atoms with van der Waals surface area (Å²) >= 11 is 2.17. The van der Waals surface area contributed by atoms with Gasteiger partial charge in [-0.3, -0.25) is 0 Å². The highest BCUT2D eigenvalue weighted by atomic mass is 127. The normalized spacial score (nSPS) is 11.1. The average Bonchev–Trinajstić information content (AvgIpc) is 2.16. The van der Waals surface area contributed by atoms with Crippen LogP contribution in [0.25, 0.3) is 10.8 Å². The fraction of sp³-hybridized carbons (Fsp3) is 0.0909. The summed E-state index contributed by atoms with van der Waals surface area (Å²) in [6.45, 7) is 0. The van der Waals surface area contributed by atoms with E-state index in [0.717, 1.165) is 8.96 Å². The largest absolute Gasteiger partial charge is 0.264 e. The van der Waals surface area contributed by atoms with Crippen LogP contribution in [0, 0.1) is 3.57 Å². The van der Waals surface area contributed by atoms with Crippen LogP contribution >= 0.6 is 22.6 Å². The molecule has 3 heteroatoms. The summed E-state index contributed by atoms with van der Waals surface area (Å²) in [6.07, 6.45) is -2.40. The summed E-state index contributed by atoms with van der Waals surface area (Å²) in [5, 5.41) is 1.51. The second-order valence-corrected chi connectivity index (χ2v) is 4.26. The van der Waals surface area contributed by atoms with Crippen molar-refractivity contribution in [2.45, 2.75) is 6.43 Å². The molecule has 0 radical (unpaired) electrons. The molecule has 0 aliphatic rings. The fourth-order valence-electron chi connectivity index (χ4n) is 1.47. The summed E-state index contributed by atoms with van der Waals surface area (Å²) < 4.78 is 26.2. The maximum atomic E-state index is 12.6. The van der Waals surface area contributed by atoms with Gasteiger partial charge in [-0.25, -0.2) is 8.78 Å². The molecule has 2 aromatic rings. The highest BCUT2D eigenvalue weighted by Gasteiger charge is 2.10. The first-order valence-corrected chi connectivity index (χ1v) is 5.22. The van der Waals surface area contributed by atoms with Crippen LogP contribution in [0.4, 0.5) is 8.78 Å². The predicted molar refractivity (Wildman–Crippen MR) is 61.6 cm³/mol. The van der Waals surface area contributed by atoms with E-state index < -0.39 is 6.43 Å². The van der Waals surface area contributed by atoms with E-state index in [4.69, 9.17) is 0 Å². The van der Waals surface area contributed by atoms with Crippen molar-refractivity contribution in [1.82, 2.24) is 0 Å². The van der Waals surface area contributed by atoms with Gasteiger partial charge in [0.1, 0.15) is 0 Å². The smallest absolute Gasteiger partial charge is 0.205 e. The van der Waals surface area contributed by atoms with E-state index >= 15 is 0 Å². The van der Waals surface area contributed by atoms with Gasteiger partial charge in [-0.1, -0.05) is 24.3 Å². The zero-order valence-corrected chi connectivity index (χ0v) is 9.33. The molecule has 2 aromatic carbocycles. The Morgan fingerprint density at radius 3 is 2.57 bits per heavy atom. The molecule has 0 amide bonds. The van der Waals surface area contributed by atoms with E-state index in [9.17, 15) is 8.78 Å². The molecule has 0 spiro atoms. The van der Waals surface area contributed by atoms with Crippen molar-refractivity contribution in [3.63, 3.8) is 0 Å². The van der Waals surface area contributed by atoms with Gasteiger partial charge in [0.2, 0.25) is 0 Å². The minimum atomic E-state index is -2.40. The molecule has 0 fully saturated rings. The zero-order chi connectivity index (χ0) is 10.1. The number of alkyl halides is 2. The third kappa shape index (κ3) is 1.73. The molecule has 0 atom stereocenters. The van der Waals surface area contributed by atoms with Crippen molar-refractivity contribution in [2.75, 3.05) is 0 Å². The molecule has 0 saturated heterocycles. The molecular weight excluding hydrogens is 297 g/mol. The van der Waals surface area contributed by atoms with Crippen LogP contribution in [0.15, 0.2) is 36.4 Å². The Labute approximate surface area is 94.1 Å². The Kier molecular flexibility index (Phi) is 2.67. The fourth-order valence-corrected chi connectivity index (χ4v) is 1.99. The first-order chi connectivity index (χ1) is 6.68. The molecule has 0 nitrogen and oxygen atoms in total. The van der Waals surface area contributed by atoms with Crippen LogP contribution in [0.2, 0.25) is 0 Å². The topological polar surface area (TPSA) is 0 Å². The summed E-state index contributed by atoms with van der Waals surface area (Å²) in [4.78, 5) is 0. The molecular formula is C11H7F2I. The van der Waals surface area contributed by atoms with Crippen molar-refractivity contribution >= 4 is 33.4 Å². The standard InChI is InChI=1S/C11H7F2I/c12-11(13)10-3-1-2-7-6-8(14)4-5-9(7)10/h1-6,11H. The summed E-state index contributed by atoms with van der Waals surface area (Å²) in [5.74, 6) is 0. The number of halogens is 3. The molecule has 2 rings (SSSR count). The molecule has 0 unspecified atom stereocenters. The number of hydrogen-bond acceptors (Lipinski definition) is 0. The van der Waals surface area contributed by atoms with Gasteiger partial charge in [0, 0.05) is 9.13 Å². The van der Waals surface area contributed by atoms with Crippen LogP contribution in [-0.4, -0.2) is 0 Å². The van der Waals surface area contributed by atoms with Crippen molar-refractivity contribution in [1.29, 1.82) is 0 Å². The first kappa shape index (κ1) is 9.83. The highest BCUT2D eigenvalue weighted by Crippen LogP contribution is 2.28. The number of rotatable bonds is 1. The molecule has 0 aliphatic heterocycles. The zero-order valence-electron chi connectivity index (χ0n) is 7.18. The summed E-state index contributed by atoms with van der Waals surface area (Å²) in [5.41, 5.74) is 0.110. The monoisotopic (exact) mass is 304 g/mol. The second kappa shape index (κ2) is 3.81. The van der Waals surface area contributed by atoms with E-state index in [1.807, 2.05) is 18.2 Å². The van der Waals surface area contributed by atoms with Gasteiger partial charge in [-0.15, -0.1) is 0 Å². The predicted octanol–water partition coefficient (Wildman–Crippen LogP) is 4.38. The van der Waals surface area contributed by atoms with Gasteiger partial charge in [0.05, 0.1) is 0 Å². The van der Waals surface area contributed by atoms with Gasteiger partial charge in [0.15, 0.2) is 0 Å². The molecule has 14 heavy (non-hydrogen) atoms. The lowest BCUT2D eigenvalue weighted by Gasteiger charge is -2.05. The minimum Gasteiger partial charge on any atom is -0.205 e. The first-order valence-electron chi connectivity index (χ1n) is 4.15. The Bertz CT molecular complexity index is 466. The van der Waals surface area contributed by atoms with E-state index in [1.165, 1.54) is 6.07 Å². The molecule has 0 bridgehead atoms. The highest BCUT2D eigenvalue weighted by molar-refractivity contribution is 14.1. The molecule has 0 N–H and O–H groups in total. The van der Waals surface area contributed by atoms with Crippen molar-refractivity contribution in [3.05, 3.63) is 45.5 Å². The van der Waals surface area contributed by atoms with Gasteiger partial charge in [-0.05, 0) is 45.5 Å². The van der Waals surface area contributed by atoms with Crippen molar-refractivity contribution in [3.8, 4) is 0 Å². The Balaban J connectivity index is 2.75. The third-order valence-corrected chi connectivity index (χ3v) is 2.78. The Morgan fingerprint density at radius 2 is 1.86 bits per heavy atom. The van der Waals surface area contributed by atoms with Crippen molar-refractivity contribution in [2.24, 2.45) is 0 Å². The Hall–Kier alpha value is -0.710. The SMILES string of the molecule is FC(F)c1cccc2cc(I)ccc12. The summed E-state index contributed by atoms with van der Waals surface area (Å²) in [7, 11) is 0. The van der Waals surface area contributed by atoms with Crippen LogP contribution in [-0.2, 0) is 0 Å². The molecule has 0 aromatic heterocycles. The molecule has 0 aliphatic carbocycles. The van der Waals surface area contributed by atoms with Crippen LogP contribution < -0.4 is 0 Å². The lowest BCUT2D eigenvalue weighted by molar-refractivity contribution is 0.153. The quantitative estimate of drug-likeness (QED) is 0.686. The molecule has 0 saturated carbocycles. The molecule has 0 heterocycles. The Morgan fingerprint density at radius 1 is 1.07 bits per heavy atom. The van der Waals surface area contributed by atoms with Gasteiger partial charge < -0.3 is 0 Å². The van der Waals surface area contributed by atoms with Gasteiger partial charge in [0.25, 0.3) is 6.43 Å². The van der Waals surface area contributed by atoms with Gasteiger partial charge in [-0.2, -0.15) is 0 Å². The van der Waals surface area contributed by atoms with E-state index in [-0.39, 0.29) is 5.56 Å². The van der Waals surface area contributed by atoms with Crippen molar-refractivity contribution < 1.29 is 8.78 Å². The van der Waals surface area contributed by atoms with Crippen LogP contribution in [0.1, 0.15) is 12.0 Å². The third-order valence-electron chi connectivity index (χ3n) is 2.11. The van der Waals surface area contributed by atoms with E-state index in [2.05, 4.69) is 22.6 Å². The maximum Gasteiger partial charge on any atom is 0.264 e. The lowest BCUT2D eigenvalue weighted by Crippen LogP contribution is -1.86. The molecule has 72 valence electrons. The van der Waals surface area contributed by atoms with Crippen LogP contribution in [0.3, 0.4) is 0 Å². The maximum absolute atomic E-state index is 12.6. The van der Waals surface area contributed by atoms with E-state index in [0.29, 0.717) is 5.39 Å². The second-order valence-electron chi connectivity index (χ2n) is 3.01. The van der Waals surface area contributed by atoms with E-state index in [1.54, 1.807) is 12.1 Å².